The normalized spacial score (nSPS) is 12.3. The van der Waals surface area contributed by atoms with Gasteiger partial charge in [0.2, 0.25) is 5.91 Å². The van der Waals surface area contributed by atoms with Gasteiger partial charge in [0.05, 0.1) is 19.3 Å². The van der Waals surface area contributed by atoms with E-state index in [1.54, 1.807) is 27.9 Å². The summed E-state index contributed by atoms with van der Waals surface area (Å²) in [6, 6.07) is 5.37. The van der Waals surface area contributed by atoms with Crippen LogP contribution in [-0.2, 0) is 9.53 Å². The second kappa shape index (κ2) is 10.0. The highest BCUT2D eigenvalue weighted by atomic mass is 16.6. The van der Waals surface area contributed by atoms with E-state index in [4.69, 9.17) is 14.2 Å². The van der Waals surface area contributed by atoms with E-state index >= 15 is 0 Å². The first-order valence-corrected chi connectivity index (χ1v) is 9.12. The average molecular weight is 380 g/mol. The van der Waals surface area contributed by atoms with Crippen molar-refractivity contribution in [2.45, 2.75) is 65.7 Å². The van der Waals surface area contributed by atoms with Crippen LogP contribution in [0.3, 0.4) is 0 Å². The maximum absolute atomic E-state index is 12.1. The number of nitrogens with one attached hydrogen (secondary N) is 2. The Kier molecular flexibility index (Phi) is 8.40. The Morgan fingerprint density at radius 2 is 1.78 bits per heavy atom. The summed E-state index contributed by atoms with van der Waals surface area (Å²) < 4.78 is 16.2. The van der Waals surface area contributed by atoms with Gasteiger partial charge >= 0.3 is 6.09 Å². The number of benzene rings is 1. The Balaban J connectivity index is 2.54. The van der Waals surface area contributed by atoms with Crippen molar-refractivity contribution in [3.63, 3.8) is 0 Å². The Hall–Kier alpha value is -2.44. The molecule has 0 aromatic heterocycles. The fourth-order valence-corrected chi connectivity index (χ4v) is 2.29. The minimum absolute atomic E-state index is 0.0411. The lowest BCUT2D eigenvalue weighted by Gasteiger charge is -2.20. The zero-order valence-corrected chi connectivity index (χ0v) is 17.3. The topological polar surface area (TPSA) is 85.9 Å². The van der Waals surface area contributed by atoms with Gasteiger partial charge in [-0.05, 0) is 59.2 Å². The zero-order valence-electron chi connectivity index (χ0n) is 17.3. The molecule has 1 rings (SSSR count). The van der Waals surface area contributed by atoms with Crippen LogP contribution in [0.5, 0.6) is 11.5 Å². The Labute approximate surface area is 161 Å². The Morgan fingerprint density at radius 1 is 1.11 bits per heavy atom. The van der Waals surface area contributed by atoms with Gasteiger partial charge < -0.3 is 24.8 Å². The number of alkyl carbamates (subject to hydrolysis) is 1. The van der Waals surface area contributed by atoms with Crippen LogP contribution in [0.4, 0.5) is 4.79 Å². The fraction of sp³-hybridized carbons (Fsp3) is 0.600. The third-order valence-corrected chi connectivity index (χ3v) is 3.45. The summed E-state index contributed by atoms with van der Waals surface area (Å²) in [6.45, 7) is 11.3. The summed E-state index contributed by atoms with van der Waals surface area (Å²) in [4.78, 5) is 23.7. The summed E-state index contributed by atoms with van der Waals surface area (Å²) in [6.07, 6.45) is -0.330. The second-order valence-electron chi connectivity index (χ2n) is 7.54. The van der Waals surface area contributed by atoms with E-state index in [1.165, 1.54) is 0 Å². The van der Waals surface area contributed by atoms with Crippen LogP contribution < -0.4 is 20.1 Å². The standard InChI is InChI=1S/C20H32N2O5/c1-13(2)26-16-9-8-15(12-17(16)25-7)14(3)22-18(23)10-11-21-19(24)27-20(4,5)6/h8-9,12-14H,10-11H2,1-7H3,(H,21,24)(H,22,23). The molecule has 2 amide bonds. The van der Waals surface area contributed by atoms with Crippen molar-refractivity contribution in [2.75, 3.05) is 13.7 Å². The average Bonchev–Trinajstić information content (AvgIpc) is 2.52. The van der Waals surface area contributed by atoms with Crippen molar-refractivity contribution in [2.24, 2.45) is 0 Å². The van der Waals surface area contributed by atoms with E-state index in [-0.39, 0.29) is 31.0 Å². The molecular weight excluding hydrogens is 348 g/mol. The third-order valence-electron chi connectivity index (χ3n) is 3.45. The molecule has 1 aromatic carbocycles. The molecule has 27 heavy (non-hydrogen) atoms. The SMILES string of the molecule is COc1cc(C(C)NC(=O)CCNC(=O)OC(C)(C)C)ccc1OC(C)C. The van der Waals surface area contributed by atoms with Crippen LogP contribution in [-0.4, -0.2) is 37.4 Å². The van der Waals surface area contributed by atoms with E-state index < -0.39 is 11.7 Å². The number of methoxy groups -OCH3 is 1. The Morgan fingerprint density at radius 3 is 2.33 bits per heavy atom. The lowest BCUT2D eigenvalue weighted by Crippen LogP contribution is -2.35. The zero-order chi connectivity index (χ0) is 20.6. The molecule has 0 aliphatic carbocycles. The van der Waals surface area contributed by atoms with Crippen LogP contribution in [0.1, 0.15) is 59.6 Å². The smallest absolute Gasteiger partial charge is 0.407 e. The number of ether oxygens (including phenoxy) is 3. The van der Waals surface area contributed by atoms with Crippen molar-refractivity contribution < 1.29 is 23.8 Å². The van der Waals surface area contributed by atoms with Gasteiger partial charge in [0.25, 0.3) is 0 Å². The minimum atomic E-state index is -0.564. The maximum atomic E-state index is 12.1. The monoisotopic (exact) mass is 380 g/mol. The molecule has 0 bridgehead atoms. The molecular formula is C20H32N2O5. The highest BCUT2D eigenvalue weighted by Gasteiger charge is 2.17. The second-order valence-corrected chi connectivity index (χ2v) is 7.54. The molecule has 0 spiro atoms. The molecule has 0 aliphatic heterocycles. The number of amides is 2. The number of hydrogen-bond acceptors (Lipinski definition) is 5. The van der Waals surface area contributed by atoms with Gasteiger partial charge in [-0.1, -0.05) is 6.07 Å². The molecule has 0 saturated heterocycles. The summed E-state index contributed by atoms with van der Waals surface area (Å²) in [5, 5.41) is 5.47. The first kappa shape index (κ1) is 22.6. The van der Waals surface area contributed by atoms with Gasteiger partial charge in [0.1, 0.15) is 5.60 Å². The molecule has 7 heteroatoms. The van der Waals surface area contributed by atoms with Gasteiger partial charge in [-0.25, -0.2) is 4.79 Å². The van der Waals surface area contributed by atoms with Crippen LogP contribution in [0.2, 0.25) is 0 Å². The number of carbonyl (C=O) groups is 2. The minimum Gasteiger partial charge on any atom is -0.493 e. The molecule has 0 fully saturated rings. The molecule has 0 radical (unpaired) electrons. The summed E-state index contributed by atoms with van der Waals surface area (Å²) >= 11 is 0. The quantitative estimate of drug-likeness (QED) is 0.720. The molecule has 1 atom stereocenters. The molecule has 0 aliphatic rings. The number of carbonyl (C=O) groups excluding carboxylic acids is 2. The predicted molar refractivity (Wildman–Crippen MR) is 104 cm³/mol. The summed E-state index contributed by atoms with van der Waals surface area (Å²) in [5.41, 5.74) is 0.335. The molecule has 0 heterocycles. The number of rotatable bonds is 8. The van der Waals surface area contributed by atoms with E-state index in [2.05, 4.69) is 10.6 Å². The first-order valence-electron chi connectivity index (χ1n) is 9.12. The lowest BCUT2D eigenvalue weighted by atomic mass is 10.1. The molecule has 2 N–H and O–H groups in total. The van der Waals surface area contributed by atoms with E-state index in [1.807, 2.05) is 39.0 Å². The van der Waals surface area contributed by atoms with E-state index in [0.29, 0.717) is 11.5 Å². The van der Waals surface area contributed by atoms with Crippen molar-refractivity contribution in [3.05, 3.63) is 23.8 Å². The predicted octanol–water partition coefficient (Wildman–Crippen LogP) is 3.57. The van der Waals surface area contributed by atoms with E-state index in [0.717, 1.165) is 5.56 Å². The highest BCUT2D eigenvalue weighted by Crippen LogP contribution is 2.31. The lowest BCUT2D eigenvalue weighted by molar-refractivity contribution is -0.121. The van der Waals surface area contributed by atoms with Gasteiger partial charge in [0.15, 0.2) is 11.5 Å². The Bertz CT molecular complexity index is 638. The highest BCUT2D eigenvalue weighted by molar-refractivity contribution is 5.77. The maximum Gasteiger partial charge on any atom is 0.407 e. The van der Waals surface area contributed by atoms with Crippen LogP contribution in [0.25, 0.3) is 0 Å². The summed E-state index contributed by atoms with van der Waals surface area (Å²) in [7, 11) is 1.58. The van der Waals surface area contributed by atoms with Crippen LogP contribution in [0.15, 0.2) is 18.2 Å². The molecule has 152 valence electrons. The molecule has 1 aromatic rings. The summed E-state index contributed by atoms with van der Waals surface area (Å²) in [5.74, 6) is 1.12. The molecule has 1 unspecified atom stereocenters. The van der Waals surface area contributed by atoms with Gasteiger partial charge in [-0.3, -0.25) is 4.79 Å². The van der Waals surface area contributed by atoms with E-state index in [9.17, 15) is 9.59 Å². The van der Waals surface area contributed by atoms with Gasteiger partial charge in [-0.2, -0.15) is 0 Å². The van der Waals surface area contributed by atoms with Crippen LogP contribution in [0, 0.1) is 0 Å². The molecule has 0 saturated carbocycles. The number of hydrogen-bond donors (Lipinski definition) is 2. The third kappa shape index (κ3) is 8.66. The largest absolute Gasteiger partial charge is 0.493 e. The van der Waals surface area contributed by atoms with Crippen molar-refractivity contribution >= 4 is 12.0 Å². The van der Waals surface area contributed by atoms with Crippen molar-refractivity contribution in [1.82, 2.24) is 10.6 Å². The van der Waals surface area contributed by atoms with Crippen LogP contribution >= 0.6 is 0 Å². The van der Waals surface area contributed by atoms with Crippen molar-refractivity contribution in [3.8, 4) is 11.5 Å². The van der Waals surface area contributed by atoms with Gasteiger partial charge in [-0.15, -0.1) is 0 Å². The van der Waals surface area contributed by atoms with Gasteiger partial charge in [0, 0.05) is 13.0 Å². The van der Waals surface area contributed by atoms with Crippen molar-refractivity contribution in [1.29, 1.82) is 0 Å². The first-order chi connectivity index (χ1) is 12.5. The fourth-order valence-electron chi connectivity index (χ4n) is 2.29. The molecule has 7 nitrogen and oxygen atoms in total.